The smallest absolute Gasteiger partial charge is 0.321 e. The number of nitrogens with one attached hydrogen (secondary N) is 1. The van der Waals surface area contributed by atoms with Crippen molar-refractivity contribution in [2.45, 2.75) is 26.4 Å². The van der Waals surface area contributed by atoms with Crippen molar-refractivity contribution < 1.29 is 18.0 Å². The highest BCUT2D eigenvalue weighted by molar-refractivity contribution is 6.30. The van der Waals surface area contributed by atoms with Crippen LogP contribution in [0.4, 0.5) is 18.9 Å². The van der Waals surface area contributed by atoms with Crippen LogP contribution in [0.5, 0.6) is 0 Å². The lowest BCUT2D eigenvalue weighted by atomic mass is 10.1. The lowest BCUT2D eigenvalue weighted by Gasteiger charge is -2.15. The van der Waals surface area contributed by atoms with Gasteiger partial charge in [0.15, 0.2) is 5.69 Å². The van der Waals surface area contributed by atoms with E-state index in [-0.39, 0.29) is 5.69 Å². The predicted octanol–water partition coefficient (Wildman–Crippen LogP) is 5.67. The largest absolute Gasteiger partial charge is 0.434 e. The number of halogens is 4. The molecule has 0 bridgehead atoms. The second-order valence-electron chi connectivity index (χ2n) is 6.21. The topological polar surface area (TPSA) is 46.9 Å². The summed E-state index contributed by atoms with van der Waals surface area (Å²) >= 11 is 5.80. The molecule has 1 heterocycles. The first-order valence-corrected chi connectivity index (χ1v) is 8.91. The van der Waals surface area contributed by atoms with E-state index in [1.807, 2.05) is 19.1 Å². The van der Waals surface area contributed by atoms with Gasteiger partial charge in [0.1, 0.15) is 0 Å². The molecule has 0 spiro atoms. The molecule has 146 valence electrons. The first-order chi connectivity index (χ1) is 13.2. The van der Waals surface area contributed by atoms with E-state index in [0.717, 1.165) is 17.3 Å². The van der Waals surface area contributed by atoms with Crippen LogP contribution in [0.3, 0.4) is 0 Å². The number of rotatable bonds is 4. The Morgan fingerprint density at radius 1 is 1.18 bits per heavy atom. The average Bonchev–Trinajstić information content (AvgIpc) is 3.09. The molecule has 0 aliphatic rings. The number of hydrogen-bond donors (Lipinski definition) is 1. The van der Waals surface area contributed by atoms with E-state index in [4.69, 9.17) is 11.6 Å². The highest BCUT2D eigenvalue weighted by Crippen LogP contribution is 2.34. The first kappa shape index (κ1) is 19.9. The Morgan fingerprint density at radius 3 is 2.46 bits per heavy atom. The van der Waals surface area contributed by atoms with Gasteiger partial charge in [0.25, 0.3) is 5.91 Å². The van der Waals surface area contributed by atoms with Crippen molar-refractivity contribution in [1.82, 2.24) is 9.78 Å². The summed E-state index contributed by atoms with van der Waals surface area (Å²) in [7, 11) is 0. The van der Waals surface area contributed by atoms with Crippen molar-refractivity contribution in [3.63, 3.8) is 0 Å². The molecule has 2 aromatic carbocycles. The minimum atomic E-state index is -4.78. The van der Waals surface area contributed by atoms with Gasteiger partial charge in [-0.25, -0.2) is 4.68 Å². The van der Waals surface area contributed by atoms with Gasteiger partial charge in [-0.05, 0) is 48.7 Å². The Labute approximate surface area is 164 Å². The number of hydrogen-bond acceptors (Lipinski definition) is 2. The van der Waals surface area contributed by atoms with Gasteiger partial charge in [0.05, 0.1) is 17.4 Å². The molecule has 1 N–H and O–H groups in total. The zero-order chi connectivity index (χ0) is 20.5. The molecule has 0 radical (unpaired) electrons. The molecule has 3 aromatic rings. The Morgan fingerprint density at radius 2 is 1.86 bits per heavy atom. The standard InChI is InChI=1S/C20H17ClF3N3O/c1-3-13-6-4-5-12(2)17(13)26-19(28)16-11-25-27(18(16)20(22,23)24)15-9-7-14(21)8-10-15/h4-11H,3H2,1-2H3,(H,26,28). The molecular weight excluding hydrogens is 391 g/mol. The Hall–Kier alpha value is -2.80. The Bertz CT molecular complexity index is 1010. The van der Waals surface area contributed by atoms with E-state index in [0.29, 0.717) is 21.8 Å². The van der Waals surface area contributed by atoms with Crippen molar-refractivity contribution in [3.05, 3.63) is 76.1 Å². The number of carbonyl (C=O) groups is 1. The fraction of sp³-hybridized carbons (Fsp3) is 0.200. The molecule has 0 aliphatic carbocycles. The Kier molecular flexibility index (Phi) is 5.47. The van der Waals surface area contributed by atoms with Gasteiger partial charge in [-0.1, -0.05) is 36.7 Å². The van der Waals surface area contributed by atoms with Gasteiger partial charge in [0, 0.05) is 10.7 Å². The maximum Gasteiger partial charge on any atom is 0.434 e. The van der Waals surface area contributed by atoms with E-state index >= 15 is 0 Å². The highest BCUT2D eigenvalue weighted by atomic mass is 35.5. The van der Waals surface area contributed by atoms with Crippen LogP contribution in [0.2, 0.25) is 5.02 Å². The number of para-hydroxylation sites is 1. The number of aryl methyl sites for hydroxylation is 2. The maximum absolute atomic E-state index is 13.8. The number of benzene rings is 2. The lowest BCUT2D eigenvalue weighted by Crippen LogP contribution is -2.21. The fourth-order valence-electron chi connectivity index (χ4n) is 2.95. The van der Waals surface area contributed by atoms with Crippen molar-refractivity contribution in [1.29, 1.82) is 0 Å². The summed E-state index contributed by atoms with van der Waals surface area (Å²) in [6.45, 7) is 3.70. The minimum absolute atomic E-state index is 0.154. The van der Waals surface area contributed by atoms with Gasteiger partial charge in [-0.15, -0.1) is 0 Å². The maximum atomic E-state index is 13.8. The summed E-state index contributed by atoms with van der Waals surface area (Å²) in [4.78, 5) is 12.7. The van der Waals surface area contributed by atoms with Crippen molar-refractivity contribution in [2.75, 3.05) is 5.32 Å². The van der Waals surface area contributed by atoms with Crippen molar-refractivity contribution >= 4 is 23.2 Å². The molecule has 28 heavy (non-hydrogen) atoms. The number of amides is 1. The van der Waals surface area contributed by atoms with Crippen LogP contribution in [0.15, 0.2) is 48.7 Å². The predicted molar refractivity (Wildman–Crippen MR) is 102 cm³/mol. The molecule has 0 atom stereocenters. The summed E-state index contributed by atoms with van der Waals surface area (Å²) in [5, 5.41) is 6.81. The van der Waals surface area contributed by atoms with Gasteiger partial charge in [-0.3, -0.25) is 4.79 Å². The summed E-state index contributed by atoms with van der Waals surface area (Å²) in [5.41, 5.74) is 0.591. The molecule has 8 heteroatoms. The van der Waals surface area contributed by atoms with Crippen LogP contribution < -0.4 is 5.32 Å². The van der Waals surface area contributed by atoms with Gasteiger partial charge in [0.2, 0.25) is 0 Å². The van der Waals surface area contributed by atoms with Crippen LogP contribution in [0.25, 0.3) is 5.69 Å². The number of carbonyl (C=O) groups excluding carboxylic acids is 1. The van der Waals surface area contributed by atoms with E-state index < -0.39 is 23.3 Å². The molecule has 3 rings (SSSR count). The molecule has 0 unspecified atom stereocenters. The summed E-state index contributed by atoms with van der Waals surface area (Å²) in [6.07, 6.45) is -3.22. The fourth-order valence-corrected chi connectivity index (χ4v) is 3.07. The molecule has 1 aromatic heterocycles. The normalized spacial score (nSPS) is 11.5. The van der Waals surface area contributed by atoms with E-state index in [1.54, 1.807) is 13.0 Å². The third kappa shape index (κ3) is 3.89. The van der Waals surface area contributed by atoms with Crippen LogP contribution in [0, 0.1) is 6.92 Å². The molecule has 1 amide bonds. The van der Waals surface area contributed by atoms with Crippen LogP contribution in [-0.4, -0.2) is 15.7 Å². The molecule has 0 aliphatic heterocycles. The van der Waals surface area contributed by atoms with E-state index in [9.17, 15) is 18.0 Å². The van der Waals surface area contributed by atoms with Crippen molar-refractivity contribution in [3.8, 4) is 5.69 Å². The third-order valence-corrected chi connectivity index (χ3v) is 4.58. The number of alkyl halides is 3. The second-order valence-corrected chi connectivity index (χ2v) is 6.65. The SMILES string of the molecule is CCc1cccc(C)c1NC(=O)c1cnn(-c2ccc(Cl)cc2)c1C(F)(F)F. The summed E-state index contributed by atoms with van der Waals surface area (Å²) in [6, 6.07) is 11.2. The summed E-state index contributed by atoms with van der Waals surface area (Å²) < 4.78 is 42.0. The molecule has 4 nitrogen and oxygen atoms in total. The quantitative estimate of drug-likeness (QED) is 0.606. The van der Waals surface area contributed by atoms with Crippen molar-refractivity contribution in [2.24, 2.45) is 0 Å². The zero-order valence-electron chi connectivity index (χ0n) is 15.1. The number of aromatic nitrogens is 2. The van der Waals surface area contributed by atoms with E-state index in [1.165, 1.54) is 24.3 Å². The van der Waals surface area contributed by atoms with Crippen LogP contribution in [-0.2, 0) is 12.6 Å². The van der Waals surface area contributed by atoms with Crippen LogP contribution in [0.1, 0.15) is 34.1 Å². The molecule has 0 fully saturated rings. The number of nitrogens with zero attached hydrogens (tertiary/aromatic N) is 2. The zero-order valence-corrected chi connectivity index (χ0v) is 15.9. The first-order valence-electron chi connectivity index (χ1n) is 8.53. The summed E-state index contributed by atoms with van der Waals surface area (Å²) in [5.74, 6) is -0.864. The van der Waals surface area contributed by atoms with Gasteiger partial charge >= 0.3 is 6.18 Å². The average molecular weight is 408 g/mol. The molecule has 0 saturated heterocycles. The van der Waals surface area contributed by atoms with Crippen LogP contribution >= 0.6 is 11.6 Å². The monoisotopic (exact) mass is 407 g/mol. The highest BCUT2D eigenvalue weighted by Gasteiger charge is 2.40. The lowest BCUT2D eigenvalue weighted by molar-refractivity contribution is -0.143. The third-order valence-electron chi connectivity index (χ3n) is 4.33. The van der Waals surface area contributed by atoms with Gasteiger partial charge in [-0.2, -0.15) is 18.3 Å². The molecular formula is C20H17ClF3N3O. The van der Waals surface area contributed by atoms with Gasteiger partial charge < -0.3 is 5.32 Å². The second kappa shape index (κ2) is 7.67. The molecule has 0 saturated carbocycles. The number of anilines is 1. The minimum Gasteiger partial charge on any atom is -0.321 e. The Balaban J connectivity index is 2.05. The van der Waals surface area contributed by atoms with E-state index in [2.05, 4.69) is 10.4 Å².